The van der Waals surface area contributed by atoms with E-state index in [1.165, 1.54) is 6.33 Å². The van der Waals surface area contributed by atoms with Gasteiger partial charge in [-0.05, 0) is 52.2 Å². The summed E-state index contributed by atoms with van der Waals surface area (Å²) < 4.78 is 23.5. The molecule has 1 saturated carbocycles. The Hall–Kier alpha value is -4.09. The van der Waals surface area contributed by atoms with E-state index in [0.29, 0.717) is 72.3 Å². The van der Waals surface area contributed by atoms with E-state index in [9.17, 15) is 4.79 Å². The predicted molar refractivity (Wildman–Crippen MR) is 179 cm³/mol. The molecule has 1 aromatic heterocycles. The molecule has 3 aromatic rings. The van der Waals surface area contributed by atoms with Gasteiger partial charge in [0.25, 0.3) is 0 Å². The molecule has 0 bridgehead atoms. The second-order valence-electron chi connectivity index (χ2n) is 12.7. The number of rotatable bonds is 12. The van der Waals surface area contributed by atoms with Gasteiger partial charge in [0.1, 0.15) is 24.1 Å². The summed E-state index contributed by atoms with van der Waals surface area (Å²) in [6.45, 7) is 12.1. The summed E-state index contributed by atoms with van der Waals surface area (Å²) in [5.41, 5.74) is 1.49. The Bertz CT molecular complexity index is 1520. The van der Waals surface area contributed by atoms with Crippen molar-refractivity contribution in [3.05, 3.63) is 64.9 Å². The SMILES string of the molecule is COc1cc(C=Nc2c(NCc3ccccc3)ncnc2OC2(C)CC2)c(Cl)cc1OCCN1CCN(C(=O)OC(C)(C)C)CC1. The second kappa shape index (κ2) is 14.6. The fraction of sp³-hybridized carbons (Fsp3) is 0.471. The monoisotopic (exact) mass is 650 g/mol. The number of piperazine rings is 1. The maximum Gasteiger partial charge on any atom is 0.410 e. The number of hydrogen-bond acceptors (Lipinski definition) is 10. The molecule has 0 unspecified atom stereocenters. The van der Waals surface area contributed by atoms with Gasteiger partial charge >= 0.3 is 6.09 Å². The topological polar surface area (TPSA) is 111 Å². The summed E-state index contributed by atoms with van der Waals surface area (Å²) in [4.78, 5) is 30.0. The highest BCUT2D eigenvalue weighted by Gasteiger charge is 2.41. The predicted octanol–water partition coefficient (Wildman–Crippen LogP) is 6.36. The molecule has 1 aliphatic carbocycles. The standard InChI is InChI=1S/C34H43ClN6O5/c1-33(2,3)46-32(42)41-15-13-40(14-16-41)17-18-44-28-20-26(35)25(19-27(28)43-5)22-36-29-30(37-21-24-9-7-6-8-10-24)38-23-39-31(29)45-34(4)11-12-34/h6-10,19-20,22-23H,11-18,21H2,1-5H3,(H,37,38,39). The van der Waals surface area contributed by atoms with Crippen molar-refractivity contribution in [3.63, 3.8) is 0 Å². The van der Waals surface area contributed by atoms with E-state index in [1.54, 1.807) is 30.4 Å². The van der Waals surface area contributed by atoms with E-state index >= 15 is 0 Å². The first-order valence-electron chi connectivity index (χ1n) is 15.6. The number of amides is 1. The van der Waals surface area contributed by atoms with Crippen LogP contribution >= 0.6 is 11.6 Å². The second-order valence-corrected chi connectivity index (χ2v) is 13.1. The lowest BCUT2D eigenvalue weighted by Gasteiger charge is -2.35. The maximum atomic E-state index is 12.4. The molecule has 1 amide bonds. The van der Waals surface area contributed by atoms with E-state index in [2.05, 4.69) is 27.1 Å². The molecule has 2 aromatic carbocycles. The summed E-state index contributed by atoms with van der Waals surface area (Å²) in [5, 5.41) is 3.83. The first-order chi connectivity index (χ1) is 22.0. The smallest absolute Gasteiger partial charge is 0.410 e. The van der Waals surface area contributed by atoms with Gasteiger partial charge in [-0.25, -0.2) is 14.8 Å². The lowest BCUT2D eigenvalue weighted by molar-refractivity contribution is 0.0136. The molecule has 1 saturated heterocycles. The number of aliphatic imine (C=N–C) groups is 1. The number of halogens is 1. The quantitative estimate of drug-likeness (QED) is 0.224. The fourth-order valence-corrected chi connectivity index (χ4v) is 5.00. The molecule has 1 aliphatic heterocycles. The summed E-state index contributed by atoms with van der Waals surface area (Å²) in [6, 6.07) is 13.6. The molecule has 2 aliphatic rings. The van der Waals surface area contributed by atoms with E-state index < -0.39 is 5.60 Å². The molecular formula is C34H43ClN6O5. The van der Waals surface area contributed by atoms with Gasteiger partial charge in [-0.15, -0.1) is 0 Å². The van der Waals surface area contributed by atoms with Gasteiger partial charge < -0.3 is 29.2 Å². The Morgan fingerprint density at radius 2 is 1.83 bits per heavy atom. The molecule has 1 N–H and O–H groups in total. The van der Waals surface area contributed by atoms with Crippen molar-refractivity contribution in [1.29, 1.82) is 0 Å². The zero-order chi connectivity index (χ0) is 32.7. The van der Waals surface area contributed by atoms with Crippen LogP contribution in [-0.4, -0.2) is 89.7 Å². The normalized spacial score (nSPS) is 16.3. The van der Waals surface area contributed by atoms with E-state index in [0.717, 1.165) is 31.5 Å². The molecule has 0 spiro atoms. The van der Waals surface area contributed by atoms with Crippen molar-refractivity contribution >= 4 is 35.4 Å². The Kier molecular flexibility index (Phi) is 10.5. The van der Waals surface area contributed by atoms with Crippen LogP contribution < -0.4 is 19.5 Å². The average molecular weight is 651 g/mol. The zero-order valence-electron chi connectivity index (χ0n) is 27.2. The highest BCUT2D eigenvalue weighted by Crippen LogP contribution is 2.43. The van der Waals surface area contributed by atoms with Crippen molar-refractivity contribution in [1.82, 2.24) is 19.8 Å². The van der Waals surface area contributed by atoms with Crippen LogP contribution in [0.1, 0.15) is 51.7 Å². The Labute approximate surface area is 275 Å². The molecule has 0 radical (unpaired) electrons. The summed E-state index contributed by atoms with van der Waals surface area (Å²) >= 11 is 6.72. The highest BCUT2D eigenvalue weighted by atomic mass is 35.5. The van der Waals surface area contributed by atoms with Crippen LogP contribution in [0, 0.1) is 0 Å². The van der Waals surface area contributed by atoms with Gasteiger partial charge in [-0.1, -0.05) is 41.9 Å². The minimum absolute atomic E-state index is 0.249. The number of ether oxygens (including phenoxy) is 4. The van der Waals surface area contributed by atoms with E-state index in [4.69, 9.17) is 35.5 Å². The van der Waals surface area contributed by atoms with Gasteiger partial charge in [0.2, 0.25) is 5.88 Å². The number of aromatic nitrogens is 2. The molecule has 0 atom stereocenters. The first kappa shape index (κ1) is 33.3. The van der Waals surface area contributed by atoms with Gasteiger partial charge in [-0.2, -0.15) is 4.98 Å². The zero-order valence-corrected chi connectivity index (χ0v) is 28.0. The molecule has 5 rings (SSSR count). The van der Waals surface area contributed by atoms with Crippen LogP contribution in [0.25, 0.3) is 0 Å². The van der Waals surface area contributed by atoms with Crippen LogP contribution in [0.15, 0.2) is 53.8 Å². The number of hydrogen-bond donors (Lipinski definition) is 1. The number of anilines is 1. The molecule has 12 heteroatoms. The first-order valence-corrected chi connectivity index (χ1v) is 16.0. The lowest BCUT2D eigenvalue weighted by atomic mass is 10.2. The minimum atomic E-state index is -0.506. The van der Waals surface area contributed by atoms with Crippen LogP contribution in [-0.2, 0) is 11.3 Å². The molecule has 11 nitrogen and oxygen atoms in total. The Morgan fingerprint density at radius 1 is 1.09 bits per heavy atom. The summed E-state index contributed by atoms with van der Waals surface area (Å²) in [6.07, 6.45) is 4.79. The van der Waals surface area contributed by atoms with E-state index in [1.807, 2.05) is 51.1 Å². The maximum absolute atomic E-state index is 12.4. The third-order valence-electron chi connectivity index (χ3n) is 7.69. The number of methoxy groups -OCH3 is 1. The van der Waals surface area contributed by atoms with Crippen LogP contribution in [0.3, 0.4) is 0 Å². The van der Waals surface area contributed by atoms with Crippen molar-refractivity contribution in [3.8, 4) is 17.4 Å². The highest BCUT2D eigenvalue weighted by molar-refractivity contribution is 6.33. The lowest BCUT2D eigenvalue weighted by Crippen LogP contribution is -2.50. The van der Waals surface area contributed by atoms with Crippen LogP contribution in [0.2, 0.25) is 5.02 Å². The van der Waals surface area contributed by atoms with Crippen LogP contribution in [0.4, 0.5) is 16.3 Å². The largest absolute Gasteiger partial charge is 0.493 e. The van der Waals surface area contributed by atoms with Crippen molar-refractivity contribution in [2.24, 2.45) is 4.99 Å². The van der Waals surface area contributed by atoms with Crippen molar-refractivity contribution < 1.29 is 23.7 Å². The minimum Gasteiger partial charge on any atom is -0.493 e. The Morgan fingerprint density at radius 3 is 2.50 bits per heavy atom. The molecule has 246 valence electrons. The summed E-state index contributed by atoms with van der Waals surface area (Å²) in [5.74, 6) is 2.05. The molecule has 2 fully saturated rings. The van der Waals surface area contributed by atoms with Gasteiger partial charge in [0.15, 0.2) is 23.0 Å². The number of benzene rings is 2. The number of nitrogens with one attached hydrogen (secondary N) is 1. The molecular weight excluding hydrogens is 608 g/mol. The average Bonchev–Trinajstić information content (AvgIpc) is 3.76. The summed E-state index contributed by atoms with van der Waals surface area (Å²) in [7, 11) is 1.59. The van der Waals surface area contributed by atoms with Crippen molar-refractivity contribution in [2.45, 2.75) is 58.3 Å². The number of nitrogens with zero attached hydrogens (tertiary/aromatic N) is 5. The van der Waals surface area contributed by atoms with Crippen molar-refractivity contribution in [2.75, 3.05) is 51.8 Å². The third-order valence-corrected chi connectivity index (χ3v) is 8.02. The third kappa shape index (κ3) is 9.23. The van der Waals surface area contributed by atoms with Crippen LogP contribution in [0.5, 0.6) is 17.4 Å². The van der Waals surface area contributed by atoms with Gasteiger partial charge in [0.05, 0.1) is 12.1 Å². The molecule has 46 heavy (non-hydrogen) atoms. The van der Waals surface area contributed by atoms with E-state index in [-0.39, 0.29) is 11.7 Å². The Balaban J connectivity index is 1.23. The van der Waals surface area contributed by atoms with Gasteiger partial charge in [0, 0.05) is 57.1 Å². The number of carbonyl (C=O) groups excluding carboxylic acids is 1. The molecule has 2 heterocycles. The fourth-order valence-electron chi connectivity index (χ4n) is 4.80. The van der Waals surface area contributed by atoms with Gasteiger partial charge in [-0.3, -0.25) is 4.90 Å². The number of carbonyl (C=O) groups is 1.